The number of carbonyl (C=O) groups excluding carboxylic acids is 3. The molecule has 0 saturated carbocycles. The van der Waals surface area contributed by atoms with E-state index in [9.17, 15) is 14.4 Å². The molecule has 27 heavy (non-hydrogen) atoms. The summed E-state index contributed by atoms with van der Waals surface area (Å²) in [6, 6.07) is 9.58. The Balaban J connectivity index is 1.36. The van der Waals surface area contributed by atoms with Gasteiger partial charge in [0.15, 0.2) is 0 Å². The molecule has 8 heteroatoms. The van der Waals surface area contributed by atoms with Gasteiger partial charge in [-0.1, -0.05) is 18.2 Å². The Morgan fingerprint density at radius 1 is 0.815 bits per heavy atom. The zero-order chi connectivity index (χ0) is 18.8. The molecule has 0 spiro atoms. The van der Waals surface area contributed by atoms with Crippen LogP contribution in [0.15, 0.2) is 30.3 Å². The highest BCUT2D eigenvalue weighted by molar-refractivity contribution is 6.35. The molecule has 2 fully saturated rings. The predicted octanol–water partition coefficient (Wildman–Crippen LogP) is 0.311. The van der Waals surface area contributed by atoms with E-state index in [4.69, 9.17) is 4.74 Å². The number of benzene rings is 1. The zero-order valence-electron chi connectivity index (χ0n) is 15.0. The zero-order valence-corrected chi connectivity index (χ0v) is 15.0. The van der Waals surface area contributed by atoms with Crippen LogP contribution in [-0.2, 0) is 14.3 Å². The van der Waals surface area contributed by atoms with Crippen molar-refractivity contribution in [3.63, 3.8) is 0 Å². The van der Waals surface area contributed by atoms with Crippen molar-refractivity contribution >= 4 is 28.6 Å². The number of aromatic nitrogens is 1. The van der Waals surface area contributed by atoms with Gasteiger partial charge in [-0.3, -0.25) is 14.4 Å². The van der Waals surface area contributed by atoms with Crippen molar-refractivity contribution in [3.05, 3.63) is 36.0 Å². The van der Waals surface area contributed by atoms with Crippen LogP contribution in [-0.4, -0.2) is 89.9 Å². The number of ether oxygens (including phenoxy) is 1. The van der Waals surface area contributed by atoms with Gasteiger partial charge in [0, 0.05) is 50.2 Å². The van der Waals surface area contributed by atoms with Crippen molar-refractivity contribution < 1.29 is 19.1 Å². The first-order valence-corrected chi connectivity index (χ1v) is 9.16. The molecule has 0 bridgehead atoms. The van der Waals surface area contributed by atoms with E-state index in [2.05, 4.69) is 4.98 Å². The smallest absolute Gasteiger partial charge is 0.312 e. The minimum absolute atomic E-state index is 0.0854. The van der Waals surface area contributed by atoms with E-state index in [0.29, 0.717) is 58.2 Å². The Hall–Kier alpha value is -2.87. The first-order chi connectivity index (χ1) is 13.1. The van der Waals surface area contributed by atoms with Crippen LogP contribution in [0.2, 0.25) is 0 Å². The molecule has 1 aromatic heterocycles. The van der Waals surface area contributed by atoms with E-state index < -0.39 is 11.8 Å². The molecule has 2 aromatic rings. The average Bonchev–Trinajstić information content (AvgIpc) is 3.17. The number of hydrogen-bond acceptors (Lipinski definition) is 4. The van der Waals surface area contributed by atoms with E-state index >= 15 is 0 Å². The van der Waals surface area contributed by atoms with Gasteiger partial charge in [0.25, 0.3) is 5.91 Å². The number of rotatable bonds is 1. The van der Waals surface area contributed by atoms with Crippen molar-refractivity contribution in [1.29, 1.82) is 0 Å². The fraction of sp³-hybridized carbons (Fsp3) is 0.421. The molecule has 3 amide bonds. The van der Waals surface area contributed by atoms with Crippen molar-refractivity contribution in [2.24, 2.45) is 0 Å². The lowest BCUT2D eigenvalue weighted by Gasteiger charge is -2.35. The summed E-state index contributed by atoms with van der Waals surface area (Å²) in [4.78, 5) is 45.4. The molecule has 0 atom stereocenters. The second-order valence-corrected chi connectivity index (χ2v) is 6.76. The Labute approximate surface area is 156 Å². The number of carbonyl (C=O) groups is 3. The van der Waals surface area contributed by atoms with Gasteiger partial charge in [-0.15, -0.1) is 0 Å². The quantitative estimate of drug-likeness (QED) is 0.732. The van der Waals surface area contributed by atoms with Crippen LogP contribution in [0.5, 0.6) is 0 Å². The van der Waals surface area contributed by atoms with Gasteiger partial charge in [-0.2, -0.15) is 0 Å². The standard InChI is InChI=1S/C19H22N4O4/c24-17(16-13-14-3-1-2-4-15(14)20-16)21-5-7-22(8-6-21)18(25)19(26)23-9-11-27-12-10-23/h1-4,13,20H,5-12H2. The number of hydrogen-bond donors (Lipinski definition) is 1. The maximum Gasteiger partial charge on any atom is 0.312 e. The summed E-state index contributed by atoms with van der Waals surface area (Å²) < 4.78 is 5.21. The van der Waals surface area contributed by atoms with Crippen LogP contribution in [0.1, 0.15) is 10.5 Å². The molecule has 2 aliphatic heterocycles. The SMILES string of the molecule is O=C(C(=O)N1CCN(C(=O)c2cc3ccccc3[nH]2)CC1)N1CCOCC1. The fourth-order valence-corrected chi connectivity index (χ4v) is 3.51. The topological polar surface area (TPSA) is 86.0 Å². The number of fused-ring (bicyclic) bond motifs is 1. The molecular weight excluding hydrogens is 348 g/mol. The molecule has 1 N–H and O–H groups in total. The fourth-order valence-electron chi connectivity index (χ4n) is 3.51. The molecule has 8 nitrogen and oxygen atoms in total. The summed E-state index contributed by atoms with van der Waals surface area (Å²) >= 11 is 0. The molecule has 142 valence electrons. The van der Waals surface area contributed by atoms with Gasteiger partial charge in [0.05, 0.1) is 13.2 Å². The van der Waals surface area contributed by atoms with Crippen LogP contribution in [0, 0.1) is 0 Å². The van der Waals surface area contributed by atoms with E-state index in [1.54, 1.807) is 4.90 Å². The molecule has 0 aliphatic carbocycles. The minimum Gasteiger partial charge on any atom is -0.378 e. The van der Waals surface area contributed by atoms with E-state index in [1.165, 1.54) is 9.80 Å². The first kappa shape index (κ1) is 17.5. The molecule has 0 radical (unpaired) electrons. The van der Waals surface area contributed by atoms with Gasteiger partial charge < -0.3 is 24.4 Å². The number of morpholine rings is 1. The Bertz CT molecular complexity index is 830. The number of para-hydroxylation sites is 1. The minimum atomic E-state index is -0.491. The van der Waals surface area contributed by atoms with Gasteiger partial charge in [0.1, 0.15) is 5.69 Å². The van der Waals surface area contributed by atoms with Gasteiger partial charge in [0.2, 0.25) is 0 Å². The predicted molar refractivity (Wildman–Crippen MR) is 98.2 cm³/mol. The van der Waals surface area contributed by atoms with Crippen molar-refractivity contribution in [2.45, 2.75) is 0 Å². The highest BCUT2D eigenvalue weighted by Crippen LogP contribution is 2.17. The van der Waals surface area contributed by atoms with Crippen LogP contribution >= 0.6 is 0 Å². The summed E-state index contributed by atoms with van der Waals surface area (Å²) in [6.07, 6.45) is 0. The maximum absolute atomic E-state index is 12.7. The van der Waals surface area contributed by atoms with Crippen LogP contribution in [0.3, 0.4) is 0 Å². The van der Waals surface area contributed by atoms with E-state index in [0.717, 1.165) is 10.9 Å². The number of nitrogens with one attached hydrogen (secondary N) is 1. The molecule has 4 rings (SSSR count). The molecule has 0 unspecified atom stereocenters. The lowest BCUT2D eigenvalue weighted by Crippen LogP contribution is -2.55. The Morgan fingerprint density at radius 3 is 2.07 bits per heavy atom. The Morgan fingerprint density at radius 2 is 1.41 bits per heavy atom. The first-order valence-electron chi connectivity index (χ1n) is 9.16. The summed E-state index contributed by atoms with van der Waals surface area (Å²) in [5, 5.41) is 0.991. The van der Waals surface area contributed by atoms with Gasteiger partial charge in [-0.25, -0.2) is 0 Å². The molecular formula is C19H22N4O4. The second-order valence-electron chi connectivity index (χ2n) is 6.76. The van der Waals surface area contributed by atoms with Crippen LogP contribution < -0.4 is 0 Å². The highest BCUT2D eigenvalue weighted by Gasteiger charge is 2.31. The monoisotopic (exact) mass is 370 g/mol. The van der Waals surface area contributed by atoms with Crippen molar-refractivity contribution in [2.75, 3.05) is 52.5 Å². The average molecular weight is 370 g/mol. The number of amides is 3. The second kappa shape index (κ2) is 7.40. The molecule has 2 aliphatic rings. The Kier molecular flexibility index (Phi) is 4.81. The third-order valence-electron chi connectivity index (χ3n) is 5.10. The van der Waals surface area contributed by atoms with Crippen LogP contribution in [0.4, 0.5) is 0 Å². The van der Waals surface area contributed by atoms with Gasteiger partial charge >= 0.3 is 11.8 Å². The van der Waals surface area contributed by atoms with E-state index in [-0.39, 0.29) is 5.91 Å². The largest absolute Gasteiger partial charge is 0.378 e. The lowest BCUT2D eigenvalue weighted by molar-refractivity contribution is -0.154. The summed E-state index contributed by atoms with van der Waals surface area (Å²) in [5.41, 5.74) is 1.46. The van der Waals surface area contributed by atoms with E-state index in [1.807, 2.05) is 30.3 Å². The highest BCUT2D eigenvalue weighted by atomic mass is 16.5. The summed E-state index contributed by atoms with van der Waals surface area (Å²) in [7, 11) is 0. The molecule has 2 saturated heterocycles. The maximum atomic E-state index is 12.7. The number of H-pyrrole nitrogens is 1. The molecule has 1 aromatic carbocycles. The lowest BCUT2D eigenvalue weighted by atomic mass is 10.2. The number of nitrogens with zero attached hydrogens (tertiary/aromatic N) is 3. The van der Waals surface area contributed by atoms with Crippen molar-refractivity contribution in [3.8, 4) is 0 Å². The number of piperazine rings is 1. The van der Waals surface area contributed by atoms with Crippen LogP contribution in [0.25, 0.3) is 10.9 Å². The third-order valence-corrected chi connectivity index (χ3v) is 5.10. The third kappa shape index (κ3) is 3.52. The van der Waals surface area contributed by atoms with Crippen molar-refractivity contribution in [1.82, 2.24) is 19.7 Å². The molecule has 3 heterocycles. The normalized spacial score (nSPS) is 18.0. The summed E-state index contributed by atoms with van der Waals surface area (Å²) in [6.45, 7) is 3.37. The summed E-state index contributed by atoms with van der Waals surface area (Å²) in [5.74, 6) is -1.05. The number of aromatic amines is 1. The van der Waals surface area contributed by atoms with Gasteiger partial charge in [-0.05, 0) is 12.1 Å².